The molecule has 0 radical (unpaired) electrons. The van der Waals surface area contributed by atoms with Crippen LogP contribution in [0.2, 0.25) is 0 Å². The summed E-state index contributed by atoms with van der Waals surface area (Å²) in [6.45, 7) is 0. The first-order valence-electron chi connectivity index (χ1n) is 6.10. The van der Waals surface area contributed by atoms with E-state index in [0.29, 0.717) is 6.42 Å². The van der Waals surface area contributed by atoms with Gasteiger partial charge in [-0.15, -0.1) is 11.3 Å². The Labute approximate surface area is 128 Å². The summed E-state index contributed by atoms with van der Waals surface area (Å²) >= 11 is 5.01. The van der Waals surface area contributed by atoms with Gasteiger partial charge in [0.25, 0.3) is 0 Å². The molecule has 0 aliphatic heterocycles. The highest BCUT2D eigenvalue weighted by Crippen LogP contribution is 2.29. The first-order chi connectivity index (χ1) is 9.67. The third-order valence-electron chi connectivity index (χ3n) is 3.11. The molecule has 2 heterocycles. The number of benzene rings is 1. The molecule has 20 heavy (non-hydrogen) atoms. The second kappa shape index (κ2) is 5.55. The number of hydrogen-bond donors (Lipinski definition) is 1. The van der Waals surface area contributed by atoms with E-state index in [-0.39, 0.29) is 0 Å². The zero-order chi connectivity index (χ0) is 14.1. The Hall–Kier alpha value is -1.37. The van der Waals surface area contributed by atoms with Crippen molar-refractivity contribution in [1.29, 1.82) is 0 Å². The van der Waals surface area contributed by atoms with E-state index in [4.69, 9.17) is 4.74 Å². The number of thiazole rings is 1. The number of aromatic nitrogens is 2. The summed E-state index contributed by atoms with van der Waals surface area (Å²) in [4.78, 5) is 5.43. The van der Waals surface area contributed by atoms with Gasteiger partial charge in [-0.05, 0) is 33.6 Å². The van der Waals surface area contributed by atoms with Gasteiger partial charge in [-0.3, -0.25) is 4.40 Å². The first-order valence-corrected chi connectivity index (χ1v) is 7.77. The summed E-state index contributed by atoms with van der Waals surface area (Å²) in [5.74, 6) is 0.753. The van der Waals surface area contributed by atoms with Gasteiger partial charge < -0.3 is 9.84 Å². The number of methoxy groups -OCH3 is 1. The van der Waals surface area contributed by atoms with E-state index in [2.05, 4.69) is 20.9 Å². The molecule has 2 aromatic heterocycles. The fourth-order valence-electron chi connectivity index (χ4n) is 2.08. The SMILES string of the molecule is COc1ccc(C(O)Cc2cn3ccsc3n2)cc1Br. The lowest BCUT2D eigenvalue weighted by Crippen LogP contribution is -2.02. The molecule has 0 aliphatic rings. The number of halogens is 1. The van der Waals surface area contributed by atoms with Crippen LogP contribution < -0.4 is 4.74 Å². The van der Waals surface area contributed by atoms with Gasteiger partial charge in [0.05, 0.1) is 23.4 Å². The molecule has 1 atom stereocenters. The van der Waals surface area contributed by atoms with Crippen LogP contribution in [-0.2, 0) is 6.42 Å². The van der Waals surface area contributed by atoms with Gasteiger partial charge in [-0.1, -0.05) is 6.07 Å². The standard InChI is InChI=1S/C14H13BrN2O2S/c1-19-13-3-2-9(6-11(13)15)12(18)7-10-8-17-4-5-20-14(17)16-10/h2-6,8,12,18H,7H2,1H3. The van der Waals surface area contributed by atoms with E-state index in [1.165, 1.54) is 0 Å². The predicted molar refractivity (Wildman–Crippen MR) is 82.4 cm³/mol. The van der Waals surface area contributed by atoms with Gasteiger partial charge in [0, 0.05) is 24.2 Å². The molecule has 104 valence electrons. The summed E-state index contributed by atoms with van der Waals surface area (Å²) in [5, 5.41) is 12.3. The minimum absolute atomic E-state index is 0.493. The van der Waals surface area contributed by atoms with Crippen molar-refractivity contribution in [2.24, 2.45) is 0 Å². The molecule has 0 aliphatic carbocycles. The lowest BCUT2D eigenvalue weighted by Gasteiger charge is -2.11. The average molecular weight is 353 g/mol. The van der Waals surface area contributed by atoms with Crippen LogP contribution in [0.15, 0.2) is 40.4 Å². The van der Waals surface area contributed by atoms with E-state index >= 15 is 0 Å². The first kappa shape index (κ1) is 13.6. The van der Waals surface area contributed by atoms with Gasteiger partial charge in [-0.25, -0.2) is 4.98 Å². The third-order valence-corrected chi connectivity index (χ3v) is 4.50. The van der Waals surface area contributed by atoms with Crippen molar-refractivity contribution in [2.45, 2.75) is 12.5 Å². The molecule has 0 fully saturated rings. The molecule has 3 aromatic rings. The molecule has 0 amide bonds. The maximum atomic E-state index is 10.3. The zero-order valence-electron chi connectivity index (χ0n) is 10.8. The van der Waals surface area contributed by atoms with E-state index < -0.39 is 6.10 Å². The van der Waals surface area contributed by atoms with Crippen LogP contribution in [0.5, 0.6) is 5.75 Å². The molecule has 6 heteroatoms. The number of hydrogen-bond acceptors (Lipinski definition) is 4. The summed E-state index contributed by atoms with van der Waals surface area (Å²) in [7, 11) is 1.62. The van der Waals surface area contributed by atoms with Crippen molar-refractivity contribution in [3.05, 3.63) is 51.7 Å². The van der Waals surface area contributed by atoms with Gasteiger partial charge in [0.2, 0.25) is 0 Å². The van der Waals surface area contributed by atoms with Crippen molar-refractivity contribution in [3.8, 4) is 5.75 Å². The fraction of sp³-hybridized carbons (Fsp3) is 0.214. The minimum atomic E-state index is -0.582. The maximum absolute atomic E-state index is 10.3. The van der Waals surface area contributed by atoms with Crippen LogP contribution >= 0.6 is 27.3 Å². The Morgan fingerprint density at radius 1 is 1.50 bits per heavy atom. The number of nitrogens with zero attached hydrogens (tertiary/aromatic N) is 2. The molecular formula is C14H13BrN2O2S. The van der Waals surface area contributed by atoms with Crippen molar-refractivity contribution in [1.82, 2.24) is 9.38 Å². The van der Waals surface area contributed by atoms with E-state index in [0.717, 1.165) is 26.4 Å². The normalized spacial score (nSPS) is 12.8. The van der Waals surface area contributed by atoms with Gasteiger partial charge in [-0.2, -0.15) is 0 Å². The van der Waals surface area contributed by atoms with Gasteiger partial charge >= 0.3 is 0 Å². The molecule has 1 aromatic carbocycles. The molecule has 0 saturated carbocycles. The smallest absolute Gasteiger partial charge is 0.193 e. The topological polar surface area (TPSA) is 46.8 Å². The fourth-order valence-corrected chi connectivity index (χ4v) is 3.36. The molecule has 1 unspecified atom stereocenters. The van der Waals surface area contributed by atoms with Crippen LogP contribution in [0.25, 0.3) is 4.96 Å². The molecule has 0 bridgehead atoms. The lowest BCUT2D eigenvalue weighted by molar-refractivity contribution is 0.177. The summed E-state index contributed by atoms with van der Waals surface area (Å²) in [6, 6.07) is 5.59. The quantitative estimate of drug-likeness (QED) is 0.782. The third kappa shape index (κ3) is 2.59. The number of aliphatic hydroxyl groups excluding tert-OH is 1. The van der Waals surface area contributed by atoms with Crippen molar-refractivity contribution in [2.75, 3.05) is 7.11 Å². The van der Waals surface area contributed by atoms with Gasteiger partial charge in [0.15, 0.2) is 4.96 Å². The number of ether oxygens (including phenoxy) is 1. The predicted octanol–water partition coefficient (Wildman–Crippen LogP) is 3.44. The van der Waals surface area contributed by atoms with Crippen molar-refractivity contribution >= 4 is 32.2 Å². The highest BCUT2D eigenvalue weighted by atomic mass is 79.9. The van der Waals surface area contributed by atoms with Crippen LogP contribution in [0.3, 0.4) is 0 Å². The summed E-state index contributed by atoms with van der Waals surface area (Å²) in [6.07, 6.45) is 3.83. The summed E-state index contributed by atoms with van der Waals surface area (Å²) < 4.78 is 7.99. The minimum Gasteiger partial charge on any atom is -0.496 e. The number of imidazole rings is 1. The van der Waals surface area contributed by atoms with Crippen molar-refractivity contribution < 1.29 is 9.84 Å². The Morgan fingerprint density at radius 2 is 2.35 bits per heavy atom. The molecule has 3 rings (SSSR count). The Kier molecular flexibility index (Phi) is 3.78. The van der Waals surface area contributed by atoms with Gasteiger partial charge in [0.1, 0.15) is 5.75 Å². The molecule has 0 spiro atoms. The largest absolute Gasteiger partial charge is 0.496 e. The average Bonchev–Trinajstić information content (AvgIpc) is 2.99. The van der Waals surface area contributed by atoms with Crippen LogP contribution in [0, 0.1) is 0 Å². The highest BCUT2D eigenvalue weighted by molar-refractivity contribution is 9.10. The van der Waals surface area contributed by atoms with E-state index in [9.17, 15) is 5.11 Å². The Morgan fingerprint density at radius 3 is 3.05 bits per heavy atom. The maximum Gasteiger partial charge on any atom is 0.193 e. The highest BCUT2D eigenvalue weighted by Gasteiger charge is 2.13. The molecule has 4 nitrogen and oxygen atoms in total. The van der Waals surface area contributed by atoms with E-state index in [1.807, 2.05) is 40.4 Å². The second-order valence-corrected chi connectivity index (χ2v) is 6.17. The number of rotatable bonds is 4. The lowest BCUT2D eigenvalue weighted by atomic mass is 10.1. The number of aliphatic hydroxyl groups is 1. The number of fused-ring (bicyclic) bond motifs is 1. The monoisotopic (exact) mass is 352 g/mol. The van der Waals surface area contributed by atoms with E-state index in [1.54, 1.807) is 18.4 Å². The van der Waals surface area contributed by atoms with Crippen LogP contribution in [0.4, 0.5) is 0 Å². The second-order valence-electron chi connectivity index (χ2n) is 4.44. The molecular weight excluding hydrogens is 340 g/mol. The Balaban J connectivity index is 1.80. The molecule has 1 N–H and O–H groups in total. The zero-order valence-corrected chi connectivity index (χ0v) is 13.2. The van der Waals surface area contributed by atoms with Crippen molar-refractivity contribution in [3.63, 3.8) is 0 Å². The summed E-state index contributed by atoms with van der Waals surface area (Å²) in [5.41, 5.74) is 1.73. The van der Waals surface area contributed by atoms with Crippen LogP contribution in [0.1, 0.15) is 17.4 Å². The van der Waals surface area contributed by atoms with Crippen LogP contribution in [-0.4, -0.2) is 21.6 Å². The Bertz CT molecular complexity index is 709. The molecule has 0 saturated heterocycles.